The van der Waals surface area contributed by atoms with Crippen molar-refractivity contribution >= 4 is 45.4 Å². The Morgan fingerprint density at radius 1 is 1.19 bits per heavy atom. The maximum atomic E-state index is 12.9. The normalized spacial score (nSPS) is 17.9. The zero-order valence-electron chi connectivity index (χ0n) is 14.3. The Balaban J connectivity index is 1.36. The number of carbonyl (C=O) groups excluding carboxylic acids is 2. The van der Waals surface area contributed by atoms with Crippen molar-refractivity contribution in [3.05, 3.63) is 30.1 Å². The maximum Gasteiger partial charge on any atom is 0.238 e. The molecule has 3 rings (SSSR count). The van der Waals surface area contributed by atoms with Gasteiger partial charge in [-0.3, -0.25) is 19.5 Å². The number of nitrogens with one attached hydrogen (secondary N) is 1. The highest BCUT2D eigenvalue weighted by Gasteiger charge is 2.23. The van der Waals surface area contributed by atoms with E-state index in [4.69, 9.17) is 0 Å². The summed E-state index contributed by atoms with van der Waals surface area (Å²) in [5.41, 5.74) is 0.579. The van der Waals surface area contributed by atoms with E-state index >= 15 is 0 Å². The predicted octanol–water partition coefficient (Wildman–Crippen LogP) is 1.74. The van der Waals surface area contributed by atoms with Gasteiger partial charge in [-0.25, -0.2) is 4.39 Å². The number of amides is 2. The minimum Gasteiger partial charge on any atom is -0.339 e. The van der Waals surface area contributed by atoms with Gasteiger partial charge in [0.25, 0.3) is 0 Å². The van der Waals surface area contributed by atoms with Crippen molar-refractivity contribution in [3.8, 4) is 0 Å². The van der Waals surface area contributed by atoms with E-state index in [1.165, 1.54) is 36.0 Å². The lowest BCUT2D eigenvalue weighted by Crippen LogP contribution is -2.50. The van der Waals surface area contributed by atoms with Crippen LogP contribution in [0.1, 0.15) is 0 Å². The summed E-state index contributed by atoms with van der Waals surface area (Å²) in [5, 5.41) is 2.76. The number of halogens is 1. The number of nitrogens with zero attached hydrogens (tertiary/aromatic N) is 3. The minimum absolute atomic E-state index is 0.126. The summed E-state index contributed by atoms with van der Waals surface area (Å²) >= 11 is 3.23. The Hall–Kier alpha value is -1.58. The van der Waals surface area contributed by atoms with E-state index in [2.05, 4.69) is 10.3 Å². The zero-order chi connectivity index (χ0) is 18.4. The first-order valence-electron chi connectivity index (χ1n) is 8.46. The van der Waals surface area contributed by atoms with Gasteiger partial charge in [-0.1, -0.05) is 23.5 Å². The standard InChI is InChI=1S/C17H21FN4O2S2/c18-13-1-3-14(4-2-13)20-15(23)11-21-6-8-22(9-7-21)16(24)12-26-17-19-5-10-25-17/h1-4H,5-12H2,(H,20,23). The van der Waals surface area contributed by atoms with Crippen molar-refractivity contribution in [1.29, 1.82) is 0 Å². The topological polar surface area (TPSA) is 65.0 Å². The van der Waals surface area contributed by atoms with Crippen LogP contribution in [0.3, 0.4) is 0 Å². The second-order valence-corrected chi connectivity index (χ2v) is 8.30. The van der Waals surface area contributed by atoms with Crippen molar-refractivity contribution in [2.75, 3.05) is 56.1 Å². The minimum atomic E-state index is -0.333. The quantitative estimate of drug-likeness (QED) is 0.821. The second-order valence-electron chi connectivity index (χ2n) is 6.00. The largest absolute Gasteiger partial charge is 0.339 e. The van der Waals surface area contributed by atoms with E-state index in [0.29, 0.717) is 37.6 Å². The van der Waals surface area contributed by atoms with E-state index in [1.54, 1.807) is 11.8 Å². The molecule has 0 spiro atoms. The molecule has 9 heteroatoms. The van der Waals surface area contributed by atoms with Crippen molar-refractivity contribution < 1.29 is 14.0 Å². The summed E-state index contributed by atoms with van der Waals surface area (Å²) in [5.74, 6) is 1.09. The lowest BCUT2D eigenvalue weighted by atomic mass is 10.3. The Kier molecular flexibility index (Phi) is 6.93. The molecule has 2 amide bonds. The molecule has 1 saturated heterocycles. The van der Waals surface area contributed by atoms with E-state index < -0.39 is 0 Å². The van der Waals surface area contributed by atoms with Crippen molar-refractivity contribution in [1.82, 2.24) is 9.80 Å². The number of aliphatic imine (C=N–C) groups is 1. The lowest BCUT2D eigenvalue weighted by Gasteiger charge is -2.34. The van der Waals surface area contributed by atoms with Gasteiger partial charge in [0.15, 0.2) is 0 Å². The fraction of sp³-hybridized carbons (Fsp3) is 0.471. The number of hydrogen-bond acceptors (Lipinski definition) is 6. The fourth-order valence-electron chi connectivity index (χ4n) is 2.71. The third-order valence-electron chi connectivity index (χ3n) is 4.10. The predicted molar refractivity (Wildman–Crippen MR) is 105 cm³/mol. The van der Waals surface area contributed by atoms with Crippen molar-refractivity contribution in [2.45, 2.75) is 0 Å². The fourth-order valence-corrected chi connectivity index (χ4v) is 4.62. The van der Waals surface area contributed by atoms with E-state index in [-0.39, 0.29) is 24.2 Å². The molecule has 0 aromatic heterocycles. The van der Waals surface area contributed by atoms with Crippen LogP contribution in [0.5, 0.6) is 0 Å². The first-order valence-corrected chi connectivity index (χ1v) is 10.4. The van der Waals surface area contributed by atoms with Crippen LogP contribution in [0.25, 0.3) is 0 Å². The zero-order valence-corrected chi connectivity index (χ0v) is 16.0. The van der Waals surface area contributed by atoms with Crippen LogP contribution in [0.15, 0.2) is 29.3 Å². The summed E-state index contributed by atoms with van der Waals surface area (Å²) in [6.45, 7) is 3.71. The van der Waals surface area contributed by atoms with Gasteiger partial charge in [0, 0.05) is 37.6 Å². The Bertz CT molecular complexity index is 676. The molecule has 0 radical (unpaired) electrons. The third kappa shape index (κ3) is 5.72. The summed E-state index contributed by atoms with van der Waals surface area (Å²) in [6, 6.07) is 5.70. The van der Waals surface area contributed by atoms with Crippen LogP contribution < -0.4 is 5.32 Å². The molecule has 0 atom stereocenters. The van der Waals surface area contributed by atoms with E-state index in [0.717, 1.165) is 16.7 Å². The molecule has 1 N–H and O–H groups in total. The Labute approximate surface area is 160 Å². The van der Waals surface area contributed by atoms with E-state index in [9.17, 15) is 14.0 Å². The van der Waals surface area contributed by atoms with Gasteiger partial charge in [0.2, 0.25) is 11.8 Å². The molecule has 26 heavy (non-hydrogen) atoms. The first-order chi connectivity index (χ1) is 12.6. The van der Waals surface area contributed by atoms with Gasteiger partial charge in [-0.05, 0) is 24.3 Å². The number of anilines is 1. The highest BCUT2D eigenvalue weighted by Crippen LogP contribution is 2.22. The third-order valence-corrected chi connectivity index (χ3v) is 6.33. The Morgan fingerprint density at radius 2 is 1.92 bits per heavy atom. The average molecular weight is 397 g/mol. The summed E-state index contributed by atoms with van der Waals surface area (Å²) in [7, 11) is 0. The molecule has 1 aromatic carbocycles. The number of rotatable bonds is 5. The van der Waals surface area contributed by atoms with Crippen LogP contribution in [0.4, 0.5) is 10.1 Å². The highest BCUT2D eigenvalue weighted by molar-refractivity contribution is 8.39. The van der Waals surface area contributed by atoms with Crippen LogP contribution in [-0.2, 0) is 9.59 Å². The molecule has 1 aromatic rings. The lowest BCUT2D eigenvalue weighted by molar-refractivity contribution is -0.130. The van der Waals surface area contributed by atoms with Gasteiger partial charge in [0.1, 0.15) is 10.2 Å². The molecule has 140 valence electrons. The van der Waals surface area contributed by atoms with Gasteiger partial charge in [-0.2, -0.15) is 0 Å². The highest BCUT2D eigenvalue weighted by atomic mass is 32.2. The molecule has 2 aliphatic rings. The van der Waals surface area contributed by atoms with E-state index in [1.807, 2.05) is 9.80 Å². The monoisotopic (exact) mass is 396 g/mol. The molecule has 0 aliphatic carbocycles. The van der Waals surface area contributed by atoms with Gasteiger partial charge in [-0.15, -0.1) is 0 Å². The van der Waals surface area contributed by atoms with Gasteiger partial charge < -0.3 is 10.2 Å². The van der Waals surface area contributed by atoms with Crippen LogP contribution in [0, 0.1) is 5.82 Å². The number of carbonyl (C=O) groups is 2. The smallest absolute Gasteiger partial charge is 0.238 e. The van der Waals surface area contributed by atoms with Gasteiger partial charge >= 0.3 is 0 Å². The number of piperazine rings is 1. The summed E-state index contributed by atoms with van der Waals surface area (Å²) in [6.07, 6.45) is 0. The maximum absolute atomic E-state index is 12.9. The molecule has 0 unspecified atom stereocenters. The SMILES string of the molecule is O=C(CN1CCN(C(=O)CSC2=NCCS2)CC1)Nc1ccc(F)cc1. The van der Waals surface area contributed by atoms with Crippen LogP contribution in [0.2, 0.25) is 0 Å². The van der Waals surface area contributed by atoms with Gasteiger partial charge in [0.05, 0.1) is 18.8 Å². The van der Waals surface area contributed by atoms with Crippen LogP contribution in [-0.4, -0.2) is 76.8 Å². The molecule has 2 heterocycles. The molecule has 0 saturated carbocycles. The number of thioether (sulfide) groups is 2. The molecule has 1 fully saturated rings. The van der Waals surface area contributed by atoms with Crippen LogP contribution >= 0.6 is 23.5 Å². The average Bonchev–Trinajstić information content (AvgIpc) is 3.16. The Morgan fingerprint density at radius 3 is 2.58 bits per heavy atom. The molecule has 0 bridgehead atoms. The number of benzene rings is 1. The molecule has 2 aliphatic heterocycles. The first kappa shape index (κ1) is 19.2. The summed E-state index contributed by atoms with van der Waals surface area (Å²) in [4.78, 5) is 32.6. The number of hydrogen-bond donors (Lipinski definition) is 1. The molecule has 6 nitrogen and oxygen atoms in total. The second kappa shape index (κ2) is 9.38. The van der Waals surface area contributed by atoms with Crippen molar-refractivity contribution in [2.24, 2.45) is 4.99 Å². The summed E-state index contributed by atoms with van der Waals surface area (Å²) < 4.78 is 13.9. The molecular weight excluding hydrogens is 375 g/mol. The molecular formula is C17H21FN4O2S2. The van der Waals surface area contributed by atoms with Crippen molar-refractivity contribution in [3.63, 3.8) is 0 Å².